The van der Waals surface area contributed by atoms with E-state index in [0.29, 0.717) is 19.5 Å². The maximum atomic E-state index is 10.3. The van der Waals surface area contributed by atoms with Crippen molar-refractivity contribution < 1.29 is 9.90 Å². The first kappa shape index (κ1) is 9.99. The molecule has 0 aromatic rings. The maximum absolute atomic E-state index is 10.3. The molecule has 0 saturated heterocycles. The third-order valence-electron chi connectivity index (χ3n) is 1.32. The van der Waals surface area contributed by atoms with Gasteiger partial charge in [-0.3, -0.25) is 4.79 Å². The first-order valence-corrected chi connectivity index (χ1v) is 3.55. The van der Waals surface area contributed by atoms with Crippen LogP contribution in [0.5, 0.6) is 0 Å². The molecule has 2 N–H and O–H groups in total. The van der Waals surface area contributed by atoms with Gasteiger partial charge in [0.1, 0.15) is 0 Å². The molecule has 62 valence electrons. The SMILES string of the molecule is C#CCCNCC(C)C(=O)O. The quantitative estimate of drug-likeness (QED) is 0.444. The highest BCUT2D eigenvalue weighted by atomic mass is 16.4. The number of hydrogen-bond donors (Lipinski definition) is 2. The first-order chi connectivity index (χ1) is 5.18. The summed E-state index contributed by atoms with van der Waals surface area (Å²) in [6.45, 7) is 2.83. The van der Waals surface area contributed by atoms with Crippen LogP contribution >= 0.6 is 0 Å². The molecule has 0 rings (SSSR count). The van der Waals surface area contributed by atoms with Gasteiger partial charge in [0.25, 0.3) is 0 Å². The van der Waals surface area contributed by atoms with Gasteiger partial charge in [-0.25, -0.2) is 0 Å². The Kier molecular flexibility index (Phi) is 5.22. The highest BCUT2D eigenvalue weighted by Crippen LogP contribution is 1.90. The lowest BCUT2D eigenvalue weighted by molar-refractivity contribution is -0.140. The highest BCUT2D eigenvalue weighted by molar-refractivity contribution is 5.69. The van der Waals surface area contributed by atoms with Crippen LogP contribution in [0.3, 0.4) is 0 Å². The topological polar surface area (TPSA) is 49.3 Å². The second-order valence-electron chi connectivity index (χ2n) is 2.40. The molecule has 0 aliphatic rings. The summed E-state index contributed by atoms with van der Waals surface area (Å²) >= 11 is 0. The predicted octanol–water partition coefficient (Wildman–Crippen LogP) is 0.320. The van der Waals surface area contributed by atoms with Crippen LogP contribution in [0.25, 0.3) is 0 Å². The van der Waals surface area contributed by atoms with Crippen LogP contribution in [0.4, 0.5) is 0 Å². The molecule has 0 heterocycles. The Morgan fingerprint density at radius 3 is 2.91 bits per heavy atom. The number of hydrogen-bond acceptors (Lipinski definition) is 2. The van der Waals surface area contributed by atoms with Crippen molar-refractivity contribution in [3.05, 3.63) is 0 Å². The second kappa shape index (κ2) is 5.75. The minimum absolute atomic E-state index is 0.340. The normalized spacial score (nSPS) is 12.0. The van der Waals surface area contributed by atoms with Gasteiger partial charge < -0.3 is 10.4 Å². The summed E-state index contributed by atoms with van der Waals surface area (Å²) in [5.41, 5.74) is 0. The third-order valence-corrected chi connectivity index (χ3v) is 1.32. The summed E-state index contributed by atoms with van der Waals surface area (Å²) in [4.78, 5) is 10.3. The van der Waals surface area contributed by atoms with E-state index in [2.05, 4.69) is 11.2 Å². The van der Waals surface area contributed by atoms with E-state index in [9.17, 15) is 4.79 Å². The molecule has 1 unspecified atom stereocenters. The van der Waals surface area contributed by atoms with E-state index >= 15 is 0 Å². The molecule has 3 heteroatoms. The van der Waals surface area contributed by atoms with Crippen molar-refractivity contribution in [2.24, 2.45) is 5.92 Å². The Bertz CT molecular complexity index is 160. The molecule has 11 heavy (non-hydrogen) atoms. The minimum Gasteiger partial charge on any atom is -0.481 e. The fourth-order valence-corrected chi connectivity index (χ4v) is 0.566. The first-order valence-electron chi connectivity index (χ1n) is 3.55. The average molecular weight is 155 g/mol. The zero-order valence-corrected chi connectivity index (χ0v) is 6.63. The van der Waals surface area contributed by atoms with Crippen LogP contribution in [-0.4, -0.2) is 24.2 Å². The second-order valence-corrected chi connectivity index (χ2v) is 2.40. The number of carboxylic acid groups (broad SMARTS) is 1. The molecule has 0 aromatic carbocycles. The molecule has 0 spiro atoms. The molecule has 0 radical (unpaired) electrons. The van der Waals surface area contributed by atoms with Gasteiger partial charge in [0.15, 0.2) is 0 Å². The van der Waals surface area contributed by atoms with Crippen LogP contribution in [0.2, 0.25) is 0 Å². The smallest absolute Gasteiger partial charge is 0.307 e. The zero-order valence-electron chi connectivity index (χ0n) is 6.63. The van der Waals surface area contributed by atoms with E-state index in [1.807, 2.05) is 0 Å². The van der Waals surface area contributed by atoms with E-state index in [1.54, 1.807) is 6.92 Å². The summed E-state index contributed by atoms with van der Waals surface area (Å²) in [6, 6.07) is 0. The molecule has 0 aromatic heterocycles. The number of terminal acetylenes is 1. The molecule has 1 atom stereocenters. The number of aliphatic carboxylic acids is 1. The Morgan fingerprint density at radius 2 is 2.45 bits per heavy atom. The van der Waals surface area contributed by atoms with Gasteiger partial charge in [-0.15, -0.1) is 12.3 Å². The van der Waals surface area contributed by atoms with Gasteiger partial charge in [-0.2, -0.15) is 0 Å². The minimum atomic E-state index is -0.779. The van der Waals surface area contributed by atoms with Crippen molar-refractivity contribution in [3.63, 3.8) is 0 Å². The van der Waals surface area contributed by atoms with E-state index in [1.165, 1.54) is 0 Å². The van der Waals surface area contributed by atoms with Crippen molar-refractivity contribution in [2.45, 2.75) is 13.3 Å². The lowest BCUT2D eigenvalue weighted by atomic mass is 10.2. The van der Waals surface area contributed by atoms with Crippen LogP contribution in [0.15, 0.2) is 0 Å². The molecule has 3 nitrogen and oxygen atoms in total. The number of carboxylic acids is 1. The van der Waals surface area contributed by atoms with Crippen LogP contribution < -0.4 is 5.32 Å². The Hall–Kier alpha value is -1.01. The zero-order chi connectivity index (χ0) is 8.69. The summed E-state index contributed by atoms with van der Waals surface area (Å²) < 4.78 is 0. The number of nitrogens with one attached hydrogen (secondary N) is 1. The molecule has 0 aliphatic carbocycles. The molecular formula is C8H13NO2. The van der Waals surface area contributed by atoms with E-state index in [-0.39, 0.29) is 5.92 Å². The maximum Gasteiger partial charge on any atom is 0.307 e. The van der Waals surface area contributed by atoms with E-state index in [4.69, 9.17) is 11.5 Å². The lowest BCUT2D eigenvalue weighted by Crippen LogP contribution is -2.26. The van der Waals surface area contributed by atoms with Gasteiger partial charge in [0.05, 0.1) is 5.92 Å². The molecule has 0 saturated carbocycles. The summed E-state index contributed by atoms with van der Waals surface area (Å²) in [5.74, 6) is 1.34. The number of carbonyl (C=O) groups is 1. The summed E-state index contributed by atoms with van der Waals surface area (Å²) in [7, 11) is 0. The number of rotatable bonds is 5. The van der Waals surface area contributed by atoms with Crippen molar-refractivity contribution >= 4 is 5.97 Å². The van der Waals surface area contributed by atoms with Gasteiger partial charge in [-0.1, -0.05) is 6.92 Å². The molecule has 0 bridgehead atoms. The fraction of sp³-hybridized carbons (Fsp3) is 0.625. The Balaban J connectivity index is 3.26. The van der Waals surface area contributed by atoms with Crippen LogP contribution in [-0.2, 0) is 4.79 Å². The molecule has 0 amide bonds. The van der Waals surface area contributed by atoms with Gasteiger partial charge >= 0.3 is 5.97 Å². The van der Waals surface area contributed by atoms with Crippen molar-refractivity contribution in [3.8, 4) is 12.3 Å². The Labute approximate surface area is 66.8 Å². The Morgan fingerprint density at radius 1 is 1.82 bits per heavy atom. The van der Waals surface area contributed by atoms with Gasteiger partial charge in [-0.05, 0) is 0 Å². The average Bonchev–Trinajstić information content (AvgIpc) is 1.97. The third kappa shape index (κ3) is 5.43. The monoisotopic (exact) mass is 155 g/mol. The van der Waals surface area contributed by atoms with E-state index in [0.717, 1.165) is 0 Å². The van der Waals surface area contributed by atoms with Crippen LogP contribution in [0, 0.1) is 18.3 Å². The van der Waals surface area contributed by atoms with E-state index < -0.39 is 5.97 Å². The molecular weight excluding hydrogens is 142 g/mol. The standard InChI is InChI=1S/C8H13NO2/c1-3-4-5-9-6-7(2)8(10)11/h1,7,9H,4-6H2,2H3,(H,10,11). The lowest BCUT2D eigenvalue weighted by Gasteiger charge is -2.05. The largest absolute Gasteiger partial charge is 0.481 e. The molecule has 0 aliphatic heterocycles. The van der Waals surface area contributed by atoms with Crippen molar-refractivity contribution in [1.29, 1.82) is 0 Å². The van der Waals surface area contributed by atoms with Crippen molar-refractivity contribution in [1.82, 2.24) is 5.32 Å². The van der Waals surface area contributed by atoms with Crippen molar-refractivity contribution in [2.75, 3.05) is 13.1 Å². The van der Waals surface area contributed by atoms with Gasteiger partial charge in [0.2, 0.25) is 0 Å². The van der Waals surface area contributed by atoms with Crippen LogP contribution in [0.1, 0.15) is 13.3 Å². The fourth-order valence-electron chi connectivity index (χ4n) is 0.566. The molecule has 0 fully saturated rings. The summed E-state index contributed by atoms with van der Waals surface area (Å²) in [6.07, 6.45) is 5.64. The van der Waals surface area contributed by atoms with Gasteiger partial charge in [0, 0.05) is 19.5 Å². The summed E-state index contributed by atoms with van der Waals surface area (Å²) in [5, 5.41) is 11.4. The predicted molar refractivity (Wildman–Crippen MR) is 43.1 cm³/mol. The highest BCUT2D eigenvalue weighted by Gasteiger charge is 2.08.